The number of aryl methyl sites for hydroxylation is 2. The molecule has 1 aromatic rings. The van der Waals surface area contributed by atoms with Gasteiger partial charge in [-0.05, 0) is 26.3 Å². The molecule has 0 spiro atoms. The Morgan fingerprint density at radius 1 is 1.53 bits per heavy atom. The molecular formula is C14H18N4O. The largest absolute Gasteiger partial charge is 0.379 e. The van der Waals surface area contributed by atoms with Crippen LogP contribution in [-0.4, -0.2) is 35.4 Å². The number of pyridine rings is 1. The average Bonchev–Trinajstić information content (AvgIpc) is 2.33. The third-order valence-corrected chi connectivity index (χ3v) is 3.43. The predicted octanol–water partition coefficient (Wildman–Crippen LogP) is 1.60. The highest BCUT2D eigenvalue weighted by Gasteiger charge is 2.23. The topological polar surface area (TPSA) is 69.0 Å². The fourth-order valence-corrected chi connectivity index (χ4v) is 2.43. The summed E-state index contributed by atoms with van der Waals surface area (Å²) in [5.41, 5.74) is 3.04. The predicted molar refractivity (Wildman–Crippen MR) is 72.7 cm³/mol. The number of nitriles is 1. The van der Waals surface area contributed by atoms with Crippen LogP contribution in [0.5, 0.6) is 0 Å². The molecule has 2 rings (SSSR count). The zero-order chi connectivity index (χ0) is 14.0. The zero-order valence-corrected chi connectivity index (χ0v) is 11.5. The van der Waals surface area contributed by atoms with E-state index in [-0.39, 0.29) is 11.9 Å². The Labute approximate surface area is 113 Å². The molecule has 19 heavy (non-hydrogen) atoms. The molecule has 1 saturated heterocycles. The van der Waals surface area contributed by atoms with Crippen molar-refractivity contribution in [3.05, 3.63) is 23.0 Å². The molecule has 1 aliphatic rings. The van der Waals surface area contributed by atoms with E-state index in [0.29, 0.717) is 18.5 Å². The van der Waals surface area contributed by atoms with Crippen LogP contribution in [0.15, 0.2) is 6.07 Å². The molecule has 2 heterocycles. The number of anilines is 1. The monoisotopic (exact) mass is 258 g/mol. The van der Waals surface area contributed by atoms with E-state index < -0.39 is 0 Å². The van der Waals surface area contributed by atoms with Crippen LogP contribution in [0.4, 0.5) is 5.69 Å². The molecule has 100 valence electrons. The molecule has 1 amide bonds. The quantitative estimate of drug-likeness (QED) is 0.875. The molecule has 0 aliphatic carbocycles. The lowest BCUT2D eigenvalue weighted by atomic mass is 10.0. The van der Waals surface area contributed by atoms with Gasteiger partial charge < -0.3 is 10.2 Å². The highest BCUT2D eigenvalue weighted by atomic mass is 16.2. The number of likely N-dealkylation sites (N-methyl/N-ethyl adjacent to an activating group) is 1. The summed E-state index contributed by atoms with van der Waals surface area (Å²) in [6, 6.07) is 4.28. The van der Waals surface area contributed by atoms with Gasteiger partial charge in [-0.25, -0.2) is 0 Å². The first-order valence-electron chi connectivity index (χ1n) is 6.40. The zero-order valence-electron chi connectivity index (χ0n) is 11.5. The Morgan fingerprint density at radius 2 is 2.26 bits per heavy atom. The third-order valence-electron chi connectivity index (χ3n) is 3.43. The Balaban J connectivity index is 2.20. The maximum atomic E-state index is 11.5. The van der Waals surface area contributed by atoms with Crippen molar-refractivity contribution >= 4 is 11.6 Å². The van der Waals surface area contributed by atoms with Gasteiger partial charge in [0.2, 0.25) is 5.91 Å². The van der Waals surface area contributed by atoms with E-state index in [1.165, 1.54) is 0 Å². The van der Waals surface area contributed by atoms with Crippen molar-refractivity contribution in [1.82, 2.24) is 9.88 Å². The summed E-state index contributed by atoms with van der Waals surface area (Å²) in [7, 11) is 1.81. The van der Waals surface area contributed by atoms with Gasteiger partial charge in [-0.2, -0.15) is 5.26 Å². The van der Waals surface area contributed by atoms with Gasteiger partial charge in [-0.15, -0.1) is 0 Å². The molecule has 5 heteroatoms. The maximum Gasteiger partial charge on any atom is 0.222 e. The van der Waals surface area contributed by atoms with E-state index >= 15 is 0 Å². The van der Waals surface area contributed by atoms with E-state index in [1.54, 1.807) is 4.90 Å². The number of likely N-dealkylation sites (tertiary alicyclic amines) is 1. The number of carbonyl (C=O) groups excluding carboxylic acids is 1. The Morgan fingerprint density at radius 3 is 2.89 bits per heavy atom. The standard InChI is InChI=1S/C14H18N4O/c1-9-6-13(12(7-15)10(2)16-9)17-11-4-5-14(19)18(3)8-11/h6,11H,4-5,8H2,1-3H3,(H,16,17). The third kappa shape index (κ3) is 2.84. The summed E-state index contributed by atoms with van der Waals surface area (Å²) in [5, 5.41) is 12.6. The smallest absolute Gasteiger partial charge is 0.222 e. The number of rotatable bonds is 2. The van der Waals surface area contributed by atoms with Crippen LogP contribution in [0.25, 0.3) is 0 Å². The SMILES string of the molecule is Cc1cc(NC2CCC(=O)N(C)C2)c(C#N)c(C)n1. The second-order valence-electron chi connectivity index (χ2n) is 5.04. The number of piperidine rings is 1. The van der Waals surface area contributed by atoms with Crippen molar-refractivity contribution < 1.29 is 4.79 Å². The molecule has 1 atom stereocenters. The fourth-order valence-electron chi connectivity index (χ4n) is 2.43. The number of nitrogens with one attached hydrogen (secondary N) is 1. The van der Waals surface area contributed by atoms with Crippen LogP contribution in [0, 0.1) is 25.2 Å². The van der Waals surface area contributed by atoms with E-state index in [1.807, 2.05) is 27.0 Å². The molecule has 1 fully saturated rings. The first kappa shape index (κ1) is 13.3. The summed E-state index contributed by atoms with van der Waals surface area (Å²) in [4.78, 5) is 17.5. The number of amides is 1. The first-order valence-corrected chi connectivity index (χ1v) is 6.40. The average molecular weight is 258 g/mol. The van der Waals surface area contributed by atoms with Crippen molar-refractivity contribution in [2.75, 3.05) is 18.9 Å². The Kier molecular flexibility index (Phi) is 3.70. The van der Waals surface area contributed by atoms with Gasteiger partial charge in [0.15, 0.2) is 0 Å². The summed E-state index contributed by atoms with van der Waals surface area (Å²) >= 11 is 0. The van der Waals surface area contributed by atoms with Gasteiger partial charge >= 0.3 is 0 Å². The molecule has 5 nitrogen and oxygen atoms in total. The molecule has 1 aliphatic heterocycles. The minimum Gasteiger partial charge on any atom is -0.379 e. The number of hydrogen-bond donors (Lipinski definition) is 1. The van der Waals surface area contributed by atoms with Gasteiger partial charge in [-0.3, -0.25) is 9.78 Å². The van der Waals surface area contributed by atoms with Crippen LogP contribution in [0.2, 0.25) is 0 Å². The van der Waals surface area contributed by atoms with Crippen LogP contribution < -0.4 is 5.32 Å². The number of aromatic nitrogens is 1. The second-order valence-corrected chi connectivity index (χ2v) is 5.04. The summed E-state index contributed by atoms with van der Waals surface area (Å²) in [5.74, 6) is 0.181. The minimum absolute atomic E-state index is 0.181. The van der Waals surface area contributed by atoms with E-state index in [9.17, 15) is 10.1 Å². The molecule has 1 unspecified atom stereocenters. The molecule has 0 bridgehead atoms. The summed E-state index contributed by atoms with van der Waals surface area (Å²) in [6.07, 6.45) is 1.35. The van der Waals surface area contributed by atoms with Crippen LogP contribution in [0.1, 0.15) is 29.8 Å². The van der Waals surface area contributed by atoms with Crippen molar-refractivity contribution in [3.8, 4) is 6.07 Å². The van der Waals surface area contributed by atoms with Gasteiger partial charge in [0.1, 0.15) is 6.07 Å². The van der Waals surface area contributed by atoms with E-state index in [4.69, 9.17) is 0 Å². The van der Waals surface area contributed by atoms with E-state index in [2.05, 4.69) is 16.4 Å². The number of carbonyl (C=O) groups is 1. The van der Waals surface area contributed by atoms with Gasteiger partial charge in [0.25, 0.3) is 0 Å². The lowest BCUT2D eigenvalue weighted by Gasteiger charge is -2.31. The minimum atomic E-state index is 0.181. The molecule has 1 N–H and O–H groups in total. The van der Waals surface area contributed by atoms with Crippen molar-refractivity contribution in [1.29, 1.82) is 5.26 Å². The fraction of sp³-hybridized carbons (Fsp3) is 0.500. The van der Waals surface area contributed by atoms with Crippen molar-refractivity contribution in [2.24, 2.45) is 0 Å². The molecule has 0 saturated carbocycles. The summed E-state index contributed by atoms with van der Waals surface area (Å²) < 4.78 is 0. The van der Waals surface area contributed by atoms with Crippen LogP contribution in [0.3, 0.4) is 0 Å². The number of hydrogen-bond acceptors (Lipinski definition) is 4. The lowest BCUT2D eigenvalue weighted by Crippen LogP contribution is -2.43. The first-order chi connectivity index (χ1) is 9.01. The number of nitrogens with zero attached hydrogens (tertiary/aromatic N) is 3. The maximum absolute atomic E-state index is 11.5. The second kappa shape index (κ2) is 5.27. The Hall–Kier alpha value is -2.09. The lowest BCUT2D eigenvalue weighted by molar-refractivity contribution is -0.132. The van der Waals surface area contributed by atoms with Crippen LogP contribution >= 0.6 is 0 Å². The summed E-state index contributed by atoms with van der Waals surface area (Å²) in [6.45, 7) is 4.42. The van der Waals surface area contributed by atoms with Crippen LogP contribution in [-0.2, 0) is 4.79 Å². The normalized spacial score (nSPS) is 19.2. The van der Waals surface area contributed by atoms with Crippen molar-refractivity contribution in [2.45, 2.75) is 32.7 Å². The van der Waals surface area contributed by atoms with Gasteiger partial charge in [0.05, 0.1) is 16.9 Å². The molecule has 0 aromatic carbocycles. The molecule has 1 aromatic heterocycles. The molecule has 0 radical (unpaired) electrons. The highest BCUT2D eigenvalue weighted by molar-refractivity contribution is 5.77. The van der Waals surface area contributed by atoms with Crippen molar-refractivity contribution in [3.63, 3.8) is 0 Å². The van der Waals surface area contributed by atoms with E-state index in [0.717, 1.165) is 23.5 Å². The van der Waals surface area contributed by atoms with Gasteiger partial charge in [-0.1, -0.05) is 0 Å². The molecular weight excluding hydrogens is 240 g/mol. The Bertz CT molecular complexity index is 547. The highest BCUT2D eigenvalue weighted by Crippen LogP contribution is 2.22. The van der Waals surface area contributed by atoms with Gasteiger partial charge in [0, 0.05) is 31.7 Å².